The number of halogens is 2. The molecule has 9 nitrogen and oxygen atoms in total. The van der Waals surface area contributed by atoms with Crippen molar-refractivity contribution in [3.8, 4) is 17.0 Å². The van der Waals surface area contributed by atoms with E-state index in [2.05, 4.69) is 34.2 Å². The van der Waals surface area contributed by atoms with Gasteiger partial charge in [-0.2, -0.15) is 5.10 Å². The minimum absolute atomic E-state index is 0.1000. The van der Waals surface area contributed by atoms with Crippen molar-refractivity contribution in [1.29, 1.82) is 0 Å². The van der Waals surface area contributed by atoms with Crippen LogP contribution in [0.25, 0.3) is 11.1 Å². The van der Waals surface area contributed by atoms with Crippen LogP contribution >= 0.6 is 10.0 Å². The summed E-state index contributed by atoms with van der Waals surface area (Å²) < 4.78 is 47.2. The summed E-state index contributed by atoms with van der Waals surface area (Å²) in [7, 11) is -0.698. The van der Waals surface area contributed by atoms with E-state index in [1.165, 1.54) is 12.1 Å². The van der Waals surface area contributed by atoms with E-state index in [9.17, 15) is 18.4 Å². The normalized spacial score (nSPS) is 16.8. The quantitative estimate of drug-likeness (QED) is 0.203. The number of rotatable bonds is 13. The molecule has 1 unspecified atom stereocenters. The molecule has 0 spiro atoms. The summed E-state index contributed by atoms with van der Waals surface area (Å²) in [5, 5.41) is 7.24. The van der Waals surface area contributed by atoms with Crippen LogP contribution in [0.4, 0.5) is 13.6 Å². The summed E-state index contributed by atoms with van der Waals surface area (Å²) in [6, 6.07) is 1.93. The summed E-state index contributed by atoms with van der Waals surface area (Å²) in [6.45, 7) is 9.58. The number of nitrogens with one attached hydrogen (secondary N) is 1. The van der Waals surface area contributed by atoms with Gasteiger partial charge >= 0.3 is 12.1 Å². The van der Waals surface area contributed by atoms with E-state index < -0.39 is 45.9 Å². The largest absolute Gasteiger partial charge is 0.444 e. The molecule has 1 amide bonds. The number of nitrogens with zero attached hydrogens (tertiary/aromatic N) is 3. The Bertz CT molecular complexity index is 1300. The molecule has 4 rings (SSSR count). The summed E-state index contributed by atoms with van der Waals surface area (Å²) in [4.78, 5) is 30.3. The van der Waals surface area contributed by atoms with Gasteiger partial charge in [-0.1, -0.05) is 0 Å². The number of aryl methyl sites for hydroxylation is 1. The molecule has 0 radical (unpaired) electrons. The van der Waals surface area contributed by atoms with Gasteiger partial charge in [0.25, 0.3) is 6.43 Å². The predicted molar refractivity (Wildman–Crippen MR) is 164 cm³/mol. The van der Waals surface area contributed by atoms with Gasteiger partial charge in [0.05, 0.1) is 12.3 Å². The standard InChI is InChI=1S/C31H46F2N4O5S/c1-18-24(19(2)37(36-18)17-40-15-16-43(6,7)8)22-13-14-23(34-26(22)28(32)33)41-29(38)27(35-30(39)42-31(3,4)5)25(20-9-10-20)21-11-12-21/h13-14,20-21,25,27-28H,9-12,15-17H2,1-8H3,(H,35,39). The van der Waals surface area contributed by atoms with E-state index in [0.717, 1.165) is 31.4 Å². The first-order valence-electron chi connectivity index (χ1n) is 14.8. The Labute approximate surface area is 254 Å². The van der Waals surface area contributed by atoms with Crippen molar-refractivity contribution in [2.45, 2.75) is 85.1 Å². The first-order chi connectivity index (χ1) is 20.0. The minimum atomic E-state index is -2.93. The zero-order valence-electron chi connectivity index (χ0n) is 26.5. The van der Waals surface area contributed by atoms with Gasteiger partial charge in [0.1, 0.15) is 24.1 Å². The second-order valence-electron chi connectivity index (χ2n) is 13.6. The number of carbonyl (C=O) groups is 2. The highest BCUT2D eigenvalue weighted by atomic mass is 32.3. The molecule has 12 heteroatoms. The van der Waals surface area contributed by atoms with Crippen molar-refractivity contribution in [3.63, 3.8) is 0 Å². The van der Waals surface area contributed by atoms with Gasteiger partial charge in [-0.05, 0) is 103 Å². The van der Waals surface area contributed by atoms with Crippen molar-refractivity contribution in [2.75, 3.05) is 31.1 Å². The molecular formula is C31H46F2N4O5S. The Kier molecular flexibility index (Phi) is 10.1. The van der Waals surface area contributed by atoms with Gasteiger partial charge in [-0.15, -0.1) is 0 Å². The third-order valence-corrected chi connectivity index (χ3v) is 9.05. The van der Waals surface area contributed by atoms with E-state index >= 15 is 0 Å². The number of amides is 1. The van der Waals surface area contributed by atoms with Gasteiger partial charge in [0, 0.05) is 28.6 Å². The lowest BCUT2D eigenvalue weighted by atomic mass is 9.89. The number of aromatic nitrogens is 3. The number of alkyl carbamates (subject to hydrolysis) is 1. The number of esters is 1. The third kappa shape index (κ3) is 9.14. The minimum Gasteiger partial charge on any atom is -0.444 e. The third-order valence-electron chi connectivity index (χ3n) is 7.66. The maximum atomic E-state index is 14.4. The molecule has 240 valence electrons. The zero-order chi connectivity index (χ0) is 31.7. The van der Waals surface area contributed by atoms with E-state index in [0.29, 0.717) is 35.4 Å². The molecule has 1 atom stereocenters. The van der Waals surface area contributed by atoms with Crippen molar-refractivity contribution in [3.05, 3.63) is 29.2 Å². The van der Waals surface area contributed by atoms with Crippen LogP contribution in [0.3, 0.4) is 0 Å². The van der Waals surface area contributed by atoms with Crippen LogP contribution in [0.2, 0.25) is 0 Å². The van der Waals surface area contributed by atoms with Crippen molar-refractivity contribution in [2.24, 2.45) is 17.8 Å². The number of carbonyl (C=O) groups excluding carboxylic acids is 2. The molecule has 2 aliphatic rings. The van der Waals surface area contributed by atoms with Crippen LogP contribution in [0, 0.1) is 31.6 Å². The number of ether oxygens (including phenoxy) is 3. The van der Waals surface area contributed by atoms with Gasteiger partial charge in [-0.25, -0.2) is 38.1 Å². The molecule has 0 saturated heterocycles. The fourth-order valence-corrected chi connectivity index (χ4v) is 5.99. The molecule has 0 aromatic carbocycles. The smallest absolute Gasteiger partial charge is 0.408 e. The Morgan fingerprint density at radius 3 is 2.26 bits per heavy atom. The highest BCUT2D eigenvalue weighted by Gasteiger charge is 2.49. The first kappa shape index (κ1) is 33.2. The number of alkyl halides is 2. The average molecular weight is 625 g/mol. The highest BCUT2D eigenvalue weighted by Crippen LogP contribution is 2.51. The van der Waals surface area contributed by atoms with Crippen LogP contribution in [0.5, 0.6) is 5.88 Å². The Balaban J connectivity index is 1.55. The molecule has 2 aromatic rings. The second kappa shape index (κ2) is 13.1. The number of pyridine rings is 1. The molecule has 2 aromatic heterocycles. The first-order valence-corrected chi connectivity index (χ1v) is 17.8. The highest BCUT2D eigenvalue weighted by molar-refractivity contribution is 8.32. The van der Waals surface area contributed by atoms with E-state index in [-0.39, 0.29) is 24.1 Å². The summed E-state index contributed by atoms with van der Waals surface area (Å²) >= 11 is 0. The molecule has 1 N–H and O–H groups in total. The van der Waals surface area contributed by atoms with Gasteiger partial charge < -0.3 is 19.5 Å². The molecule has 43 heavy (non-hydrogen) atoms. The van der Waals surface area contributed by atoms with Crippen molar-refractivity contribution < 1.29 is 32.6 Å². The van der Waals surface area contributed by atoms with E-state index in [1.54, 1.807) is 39.3 Å². The topological polar surface area (TPSA) is 105 Å². The zero-order valence-corrected chi connectivity index (χ0v) is 27.4. The van der Waals surface area contributed by atoms with E-state index in [1.807, 2.05) is 0 Å². The Hall–Kier alpha value is -2.73. The Morgan fingerprint density at radius 2 is 1.72 bits per heavy atom. The fourth-order valence-electron chi connectivity index (χ4n) is 5.37. The molecule has 2 saturated carbocycles. The molecule has 2 fully saturated rings. The van der Waals surface area contributed by atoms with Gasteiger partial charge in [0.15, 0.2) is 0 Å². The number of hydrogen-bond donors (Lipinski definition) is 1. The van der Waals surface area contributed by atoms with Gasteiger partial charge in [0.2, 0.25) is 5.88 Å². The number of hydrogen-bond acceptors (Lipinski definition) is 7. The SMILES string of the molecule is Cc1nn(COCCS(C)(C)C)c(C)c1-c1ccc(OC(=O)C(NC(=O)OC(C)(C)C)C(C2CC2)C2CC2)nc1C(F)F. The Morgan fingerprint density at radius 1 is 1.09 bits per heavy atom. The van der Waals surface area contributed by atoms with E-state index in [4.69, 9.17) is 14.2 Å². The maximum absolute atomic E-state index is 14.4. The van der Waals surface area contributed by atoms with Crippen LogP contribution in [-0.4, -0.2) is 69.6 Å². The lowest BCUT2D eigenvalue weighted by Crippen LogP contribution is -2.50. The summed E-state index contributed by atoms with van der Waals surface area (Å²) in [5.41, 5.74) is 0.734. The molecule has 2 heterocycles. The second-order valence-corrected chi connectivity index (χ2v) is 18.1. The molecule has 2 aliphatic carbocycles. The van der Waals surface area contributed by atoms with Crippen LogP contribution in [0.15, 0.2) is 12.1 Å². The summed E-state index contributed by atoms with van der Waals surface area (Å²) in [5.74, 6) is 0.471. The molecule has 0 aliphatic heterocycles. The van der Waals surface area contributed by atoms with Gasteiger partial charge in [-0.3, -0.25) is 0 Å². The van der Waals surface area contributed by atoms with Crippen LogP contribution in [-0.2, 0) is 21.0 Å². The lowest BCUT2D eigenvalue weighted by Gasteiger charge is -2.28. The lowest BCUT2D eigenvalue weighted by molar-refractivity contribution is -0.139. The monoisotopic (exact) mass is 624 g/mol. The predicted octanol–water partition coefficient (Wildman–Crippen LogP) is 6.40. The summed E-state index contributed by atoms with van der Waals surface area (Å²) in [6.07, 6.45) is 6.88. The maximum Gasteiger partial charge on any atom is 0.408 e. The molecular weight excluding hydrogens is 578 g/mol. The van der Waals surface area contributed by atoms with Crippen molar-refractivity contribution in [1.82, 2.24) is 20.1 Å². The van der Waals surface area contributed by atoms with Crippen LogP contribution in [0.1, 0.15) is 70.0 Å². The van der Waals surface area contributed by atoms with Crippen molar-refractivity contribution >= 4 is 22.1 Å². The average Bonchev–Trinajstić information content (AvgIpc) is 3.80. The molecule has 0 bridgehead atoms. The van der Waals surface area contributed by atoms with Crippen LogP contribution < -0.4 is 10.1 Å². The fraction of sp³-hybridized carbons (Fsp3) is 0.677.